The lowest BCUT2D eigenvalue weighted by Gasteiger charge is -2.37. The minimum atomic E-state index is 0.0159. The molecule has 1 aliphatic rings. The molecule has 0 atom stereocenters. The zero-order valence-corrected chi connectivity index (χ0v) is 15.9. The molecule has 0 saturated carbocycles. The van der Waals surface area contributed by atoms with Crippen LogP contribution in [0.25, 0.3) is 0 Å². The highest BCUT2D eigenvalue weighted by Crippen LogP contribution is 2.30. The zero-order chi connectivity index (χ0) is 18.2. The van der Waals surface area contributed by atoms with Gasteiger partial charge < -0.3 is 15.1 Å². The fourth-order valence-electron chi connectivity index (χ4n) is 3.00. The number of nitrogens with zero attached hydrogens (tertiary/aromatic N) is 2. The van der Waals surface area contributed by atoms with E-state index >= 15 is 0 Å². The molecule has 0 bridgehead atoms. The van der Waals surface area contributed by atoms with E-state index in [1.54, 1.807) is 6.07 Å². The summed E-state index contributed by atoms with van der Waals surface area (Å²) in [6.07, 6.45) is 3.87. The van der Waals surface area contributed by atoms with Crippen molar-refractivity contribution in [1.29, 1.82) is 0 Å². The summed E-state index contributed by atoms with van der Waals surface area (Å²) in [5, 5.41) is 3.60. The van der Waals surface area contributed by atoms with Crippen LogP contribution in [0.4, 0.5) is 11.4 Å². The van der Waals surface area contributed by atoms with Crippen LogP contribution in [0.5, 0.6) is 0 Å². The zero-order valence-electron chi connectivity index (χ0n) is 15.2. The first-order valence-corrected chi connectivity index (χ1v) is 9.55. The first-order valence-electron chi connectivity index (χ1n) is 9.17. The smallest absolute Gasteiger partial charge is 0.224 e. The molecule has 2 amide bonds. The maximum Gasteiger partial charge on any atom is 0.224 e. The Morgan fingerprint density at radius 2 is 1.80 bits per heavy atom. The minimum absolute atomic E-state index is 0.0159. The molecule has 1 aliphatic heterocycles. The van der Waals surface area contributed by atoms with Gasteiger partial charge in [0.05, 0.1) is 11.4 Å². The van der Waals surface area contributed by atoms with Crippen molar-refractivity contribution in [3.8, 4) is 0 Å². The number of nitrogens with one attached hydrogen (secondary N) is 1. The Morgan fingerprint density at radius 1 is 1.08 bits per heavy atom. The van der Waals surface area contributed by atoms with Crippen LogP contribution in [0.1, 0.15) is 46.0 Å². The van der Waals surface area contributed by atoms with Gasteiger partial charge in [0.25, 0.3) is 0 Å². The number of halogens is 1. The Hall–Kier alpha value is -1.75. The third-order valence-electron chi connectivity index (χ3n) is 4.43. The molecule has 1 aromatic rings. The first-order chi connectivity index (χ1) is 12.0. The summed E-state index contributed by atoms with van der Waals surface area (Å²) in [6.45, 7) is 7.03. The van der Waals surface area contributed by atoms with Crippen molar-refractivity contribution in [2.75, 3.05) is 36.4 Å². The molecule has 1 aromatic carbocycles. The van der Waals surface area contributed by atoms with Crippen LogP contribution in [0.15, 0.2) is 18.2 Å². The molecule has 1 N–H and O–H groups in total. The van der Waals surface area contributed by atoms with Gasteiger partial charge in [0.2, 0.25) is 11.8 Å². The average Bonchev–Trinajstić information content (AvgIpc) is 2.60. The highest BCUT2D eigenvalue weighted by atomic mass is 35.5. The molecule has 1 saturated heterocycles. The molecule has 2 rings (SSSR count). The number of carbonyl (C=O) groups is 2. The molecule has 5 nitrogen and oxygen atoms in total. The van der Waals surface area contributed by atoms with Crippen molar-refractivity contribution < 1.29 is 9.59 Å². The van der Waals surface area contributed by atoms with Gasteiger partial charge in [0.15, 0.2) is 0 Å². The molecule has 1 fully saturated rings. The van der Waals surface area contributed by atoms with Crippen LogP contribution in [-0.2, 0) is 9.59 Å². The summed E-state index contributed by atoms with van der Waals surface area (Å²) in [7, 11) is 0. The number of unbranched alkanes of at least 4 members (excludes halogenated alkanes) is 1. The monoisotopic (exact) mass is 365 g/mol. The van der Waals surface area contributed by atoms with Crippen LogP contribution in [-0.4, -0.2) is 42.9 Å². The predicted octanol–water partition coefficient (Wildman–Crippen LogP) is 3.92. The van der Waals surface area contributed by atoms with Crippen molar-refractivity contribution >= 4 is 34.8 Å². The number of anilines is 2. The highest BCUT2D eigenvalue weighted by molar-refractivity contribution is 6.31. The first kappa shape index (κ1) is 19.6. The van der Waals surface area contributed by atoms with Crippen LogP contribution in [0, 0.1) is 0 Å². The fraction of sp³-hybridized carbons (Fsp3) is 0.579. The van der Waals surface area contributed by atoms with Gasteiger partial charge in [0, 0.05) is 44.0 Å². The van der Waals surface area contributed by atoms with Gasteiger partial charge in [-0.3, -0.25) is 9.59 Å². The van der Waals surface area contributed by atoms with Gasteiger partial charge in [-0.05, 0) is 31.0 Å². The van der Waals surface area contributed by atoms with Crippen molar-refractivity contribution in [3.63, 3.8) is 0 Å². The Labute approximate surface area is 155 Å². The summed E-state index contributed by atoms with van der Waals surface area (Å²) in [6, 6.07) is 5.59. The van der Waals surface area contributed by atoms with Gasteiger partial charge in [-0.1, -0.05) is 31.9 Å². The summed E-state index contributed by atoms with van der Waals surface area (Å²) in [5.41, 5.74) is 1.72. The summed E-state index contributed by atoms with van der Waals surface area (Å²) < 4.78 is 0. The molecular formula is C19H28ClN3O2. The van der Waals surface area contributed by atoms with Crippen molar-refractivity contribution in [2.24, 2.45) is 0 Å². The standard InChI is InChI=1S/C19H28ClN3O2/c1-3-5-7-18(24)21-16-14-15(20)8-9-17(16)22-10-12-23(13-11-22)19(25)6-4-2/h8-9,14H,3-7,10-13H2,1-2H3,(H,21,24). The number of carbonyl (C=O) groups excluding carboxylic acids is 2. The Balaban J connectivity index is 2.04. The largest absolute Gasteiger partial charge is 0.366 e. The van der Waals surface area contributed by atoms with Crippen molar-refractivity contribution in [3.05, 3.63) is 23.2 Å². The molecule has 0 spiro atoms. The van der Waals surface area contributed by atoms with Gasteiger partial charge in [-0.25, -0.2) is 0 Å². The van der Waals surface area contributed by atoms with Crippen LogP contribution >= 0.6 is 11.6 Å². The SMILES string of the molecule is CCCCC(=O)Nc1cc(Cl)ccc1N1CCN(C(=O)CCC)CC1. The molecule has 1 heterocycles. The molecule has 0 aromatic heterocycles. The molecule has 0 unspecified atom stereocenters. The number of piperazine rings is 1. The third kappa shape index (κ3) is 5.63. The predicted molar refractivity (Wildman–Crippen MR) is 103 cm³/mol. The lowest BCUT2D eigenvalue weighted by molar-refractivity contribution is -0.131. The van der Waals surface area contributed by atoms with Crippen LogP contribution in [0.2, 0.25) is 5.02 Å². The highest BCUT2D eigenvalue weighted by Gasteiger charge is 2.22. The fourth-order valence-corrected chi connectivity index (χ4v) is 3.18. The van der Waals surface area contributed by atoms with Gasteiger partial charge >= 0.3 is 0 Å². The van der Waals surface area contributed by atoms with Gasteiger partial charge in [-0.15, -0.1) is 0 Å². The topological polar surface area (TPSA) is 52.7 Å². The lowest BCUT2D eigenvalue weighted by atomic mass is 10.2. The molecule has 0 radical (unpaired) electrons. The molecule has 0 aliphatic carbocycles. The van der Waals surface area contributed by atoms with E-state index in [9.17, 15) is 9.59 Å². The van der Waals surface area contributed by atoms with E-state index in [2.05, 4.69) is 17.1 Å². The van der Waals surface area contributed by atoms with Crippen LogP contribution in [0.3, 0.4) is 0 Å². The van der Waals surface area contributed by atoms with Crippen molar-refractivity contribution in [2.45, 2.75) is 46.0 Å². The Morgan fingerprint density at radius 3 is 2.44 bits per heavy atom. The van der Waals surface area contributed by atoms with Crippen molar-refractivity contribution in [1.82, 2.24) is 4.90 Å². The maximum absolute atomic E-state index is 12.1. The Bertz CT molecular complexity index is 598. The molecule has 6 heteroatoms. The molecular weight excluding hydrogens is 338 g/mol. The maximum atomic E-state index is 12.1. The van der Waals surface area contributed by atoms with E-state index in [-0.39, 0.29) is 11.8 Å². The summed E-state index contributed by atoms with van der Waals surface area (Å²) in [5.74, 6) is 0.244. The van der Waals surface area contributed by atoms with E-state index in [1.165, 1.54) is 0 Å². The number of benzene rings is 1. The van der Waals surface area contributed by atoms with Crippen LogP contribution < -0.4 is 10.2 Å². The van der Waals surface area contributed by atoms with E-state index in [4.69, 9.17) is 11.6 Å². The van der Waals surface area contributed by atoms with Gasteiger partial charge in [0.1, 0.15) is 0 Å². The minimum Gasteiger partial charge on any atom is -0.366 e. The average molecular weight is 366 g/mol. The van der Waals surface area contributed by atoms with E-state index in [1.807, 2.05) is 24.0 Å². The van der Waals surface area contributed by atoms with E-state index in [0.29, 0.717) is 31.0 Å². The second kappa shape index (κ2) is 9.66. The van der Waals surface area contributed by atoms with Gasteiger partial charge in [-0.2, -0.15) is 0 Å². The number of hydrogen-bond donors (Lipinski definition) is 1. The number of rotatable bonds is 7. The lowest BCUT2D eigenvalue weighted by Crippen LogP contribution is -2.48. The second-order valence-electron chi connectivity index (χ2n) is 6.43. The third-order valence-corrected chi connectivity index (χ3v) is 4.66. The number of hydrogen-bond acceptors (Lipinski definition) is 3. The summed E-state index contributed by atoms with van der Waals surface area (Å²) in [4.78, 5) is 28.3. The van der Waals surface area contributed by atoms with E-state index in [0.717, 1.165) is 43.7 Å². The normalized spacial score (nSPS) is 14.5. The molecule has 25 heavy (non-hydrogen) atoms. The number of amides is 2. The summed E-state index contributed by atoms with van der Waals surface area (Å²) >= 11 is 6.12. The van der Waals surface area contributed by atoms with E-state index < -0.39 is 0 Å². The quantitative estimate of drug-likeness (QED) is 0.796. The molecule has 138 valence electrons. The second-order valence-corrected chi connectivity index (χ2v) is 6.87. The Kier molecular flexibility index (Phi) is 7.56.